The number of amides is 1. The highest BCUT2D eigenvalue weighted by Gasteiger charge is 2.18. The van der Waals surface area contributed by atoms with Crippen molar-refractivity contribution >= 4 is 44.9 Å². The van der Waals surface area contributed by atoms with Gasteiger partial charge in [-0.25, -0.2) is 0 Å². The zero-order valence-electron chi connectivity index (χ0n) is 20.9. The molecule has 1 N–H and O–H groups in total. The molecule has 0 spiro atoms. The molecule has 0 aliphatic rings. The number of nitrogens with one attached hydrogen (secondary N) is 1. The third kappa shape index (κ3) is 5.98. The van der Waals surface area contributed by atoms with Gasteiger partial charge in [0, 0.05) is 6.54 Å². The summed E-state index contributed by atoms with van der Waals surface area (Å²) in [5.74, 6) is 1.30. The summed E-state index contributed by atoms with van der Waals surface area (Å²) in [6.07, 6.45) is 0.770. The summed E-state index contributed by atoms with van der Waals surface area (Å²) in [7, 11) is 0. The van der Waals surface area contributed by atoms with E-state index in [1.165, 1.54) is 28.7 Å². The Kier molecular flexibility index (Phi) is 8.20. The standard InChI is InChI=1S/C28H27N5O3S2/c1-2-36-23-14-8-6-12-21(23)29-26(34)19-37-27-31-30-25(32(27)17-16-20-10-4-3-5-11-20)18-33-22-13-7-9-15-24(22)38-28(33)35/h3-15H,2,16-19H2,1H3,(H,29,34). The molecule has 5 rings (SSSR count). The second kappa shape index (κ2) is 12.1. The van der Waals surface area contributed by atoms with E-state index in [0.717, 1.165) is 16.6 Å². The Balaban J connectivity index is 1.36. The average molecular weight is 546 g/mol. The highest BCUT2D eigenvalue weighted by atomic mass is 32.2. The summed E-state index contributed by atoms with van der Waals surface area (Å²) in [4.78, 5) is 25.5. The quantitative estimate of drug-likeness (QED) is 0.233. The Labute approximate surface area is 228 Å². The second-order valence-corrected chi connectivity index (χ2v) is 10.4. The van der Waals surface area contributed by atoms with Gasteiger partial charge in [-0.15, -0.1) is 10.2 Å². The molecule has 0 saturated heterocycles. The second-order valence-electron chi connectivity index (χ2n) is 8.47. The van der Waals surface area contributed by atoms with Gasteiger partial charge in [0.2, 0.25) is 5.91 Å². The number of hydrogen-bond acceptors (Lipinski definition) is 7. The van der Waals surface area contributed by atoms with Gasteiger partial charge in [-0.2, -0.15) is 0 Å². The molecule has 38 heavy (non-hydrogen) atoms. The first-order valence-corrected chi connectivity index (χ1v) is 14.1. The van der Waals surface area contributed by atoms with Gasteiger partial charge in [-0.3, -0.25) is 14.2 Å². The van der Waals surface area contributed by atoms with Crippen molar-refractivity contribution in [1.82, 2.24) is 19.3 Å². The van der Waals surface area contributed by atoms with Crippen LogP contribution in [0.5, 0.6) is 5.75 Å². The SMILES string of the molecule is CCOc1ccccc1NC(=O)CSc1nnc(Cn2c(=O)sc3ccccc32)n1CCc1ccccc1. The van der Waals surface area contributed by atoms with E-state index in [0.29, 0.717) is 42.1 Å². The Hall–Kier alpha value is -3.89. The number of aromatic nitrogens is 4. The molecule has 0 aliphatic carbocycles. The molecule has 0 bridgehead atoms. The lowest BCUT2D eigenvalue weighted by molar-refractivity contribution is -0.113. The summed E-state index contributed by atoms with van der Waals surface area (Å²) in [6, 6.07) is 25.3. The number of ether oxygens (including phenoxy) is 1. The van der Waals surface area contributed by atoms with Crippen LogP contribution in [0.25, 0.3) is 10.2 Å². The molecule has 0 unspecified atom stereocenters. The van der Waals surface area contributed by atoms with Crippen LogP contribution < -0.4 is 14.9 Å². The van der Waals surface area contributed by atoms with Crippen molar-refractivity contribution in [2.45, 2.75) is 31.6 Å². The van der Waals surface area contributed by atoms with Crippen molar-refractivity contribution in [3.8, 4) is 5.75 Å². The monoisotopic (exact) mass is 545 g/mol. The number of thioether (sulfide) groups is 1. The maximum Gasteiger partial charge on any atom is 0.308 e. The van der Waals surface area contributed by atoms with Crippen LogP contribution in [0.1, 0.15) is 18.3 Å². The van der Waals surface area contributed by atoms with Crippen LogP contribution in [0.4, 0.5) is 5.69 Å². The summed E-state index contributed by atoms with van der Waals surface area (Å²) >= 11 is 2.54. The van der Waals surface area contributed by atoms with Crippen molar-refractivity contribution in [1.29, 1.82) is 0 Å². The van der Waals surface area contributed by atoms with E-state index in [4.69, 9.17) is 4.74 Å². The number of anilines is 1. The first-order valence-electron chi connectivity index (χ1n) is 12.3. The molecule has 2 heterocycles. The Bertz CT molecular complexity index is 1590. The van der Waals surface area contributed by atoms with Gasteiger partial charge in [0.15, 0.2) is 11.0 Å². The van der Waals surface area contributed by atoms with Gasteiger partial charge in [0.1, 0.15) is 5.75 Å². The van der Waals surface area contributed by atoms with Gasteiger partial charge in [0.05, 0.1) is 34.8 Å². The summed E-state index contributed by atoms with van der Waals surface area (Å²) in [5, 5.41) is 12.4. The molecular weight excluding hydrogens is 518 g/mol. The number of fused-ring (bicyclic) bond motifs is 1. The van der Waals surface area contributed by atoms with Crippen molar-refractivity contribution in [2.24, 2.45) is 0 Å². The summed E-state index contributed by atoms with van der Waals surface area (Å²) in [5.41, 5.74) is 2.70. The molecule has 0 atom stereocenters. The largest absolute Gasteiger partial charge is 0.492 e. The third-order valence-electron chi connectivity index (χ3n) is 5.93. The van der Waals surface area contributed by atoms with Gasteiger partial charge in [0.25, 0.3) is 0 Å². The van der Waals surface area contributed by atoms with E-state index in [1.807, 2.05) is 78.2 Å². The molecule has 2 aromatic heterocycles. The number of carbonyl (C=O) groups excluding carboxylic acids is 1. The number of benzene rings is 3. The van der Waals surface area contributed by atoms with E-state index in [1.54, 1.807) is 4.57 Å². The van der Waals surface area contributed by atoms with Crippen LogP contribution in [-0.4, -0.2) is 37.6 Å². The predicted molar refractivity (Wildman–Crippen MR) is 152 cm³/mol. The van der Waals surface area contributed by atoms with Gasteiger partial charge in [-0.05, 0) is 43.2 Å². The van der Waals surface area contributed by atoms with Crippen LogP contribution in [0.3, 0.4) is 0 Å². The first-order chi connectivity index (χ1) is 18.6. The van der Waals surface area contributed by atoms with E-state index in [9.17, 15) is 9.59 Å². The van der Waals surface area contributed by atoms with Crippen molar-refractivity contribution < 1.29 is 9.53 Å². The molecule has 194 valence electrons. The number of nitrogens with zero attached hydrogens (tertiary/aromatic N) is 4. The fraction of sp³-hybridized carbons (Fsp3) is 0.214. The van der Waals surface area contributed by atoms with Crippen LogP contribution >= 0.6 is 23.1 Å². The highest BCUT2D eigenvalue weighted by Crippen LogP contribution is 2.25. The Morgan fingerprint density at radius 1 is 0.974 bits per heavy atom. The molecule has 10 heteroatoms. The molecule has 5 aromatic rings. The van der Waals surface area contributed by atoms with Crippen LogP contribution in [-0.2, 0) is 24.3 Å². The predicted octanol–water partition coefficient (Wildman–Crippen LogP) is 5.08. The lowest BCUT2D eigenvalue weighted by Crippen LogP contribution is -2.18. The van der Waals surface area contributed by atoms with Gasteiger partial charge in [-0.1, -0.05) is 77.7 Å². The molecule has 0 fully saturated rings. The Morgan fingerprint density at radius 2 is 1.74 bits per heavy atom. The third-order valence-corrected chi connectivity index (χ3v) is 7.85. The minimum atomic E-state index is -0.165. The van der Waals surface area contributed by atoms with Crippen molar-refractivity contribution in [3.63, 3.8) is 0 Å². The molecule has 0 radical (unpaired) electrons. The highest BCUT2D eigenvalue weighted by molar-refractivity contribution is 7.99. The normalized spacial score (nSPS) is 11.1. The van der Waals surface area contributed by atoms with Gasteiger partial charge >= 0.3 is 4.87 Å². The zero-order chi connectivity index (χ0) is 26.3. The molecule has 3 aromatic carbocycles. The number of carbonyl (C=O) groups is 1. The Morgan fingerprint density at radius 3 is 2.58 bits per heavy atom. The lowest BCUT2D eigenvalue weighted by atomic mass is 10.1. The maximum atomic E-state index is 12.8. The summed E-state index contributed by atoms with van der Waals surface area (Å²) < 4.78 is 10.3. The van der Waals surface area contributed by atoms with E-state index in [2.05, 4.69) is 27.6 Å². The number of para-hydroxylation sites is 3. The van der Waals surface area contributed by atoms with Crippen LogP contribution in [0.2, 0.25) is 0 Å². The topological polar surface area (TPSA) is 91.0 Å². The van der Waals surface area contributed by atoms with Crippen molar-refractivity contribution in [2.75, 3.05) is 17.7 Å². The van der Waals surface area contributed by atoms with E-state index in [-0.39, 0.29) is 16.5 Å². The van der Waals surface area contributed by atoms with Crippen molar-refractivity contribution in [3.05, 3.63) is 99.9 Å². The molecule has 8 nitrogen and oxygen atoms in total. The minimum Gasteiger partial charge on any atom is -0.492 e. The van der Waals surface area contributed by atoms with E-state index >= 15 is 0 Å². The smallest absolute Gasteiger partial charge is 0.308 e. The molecule has 0 saturated carbocycles. The molecule has 1 amide bonds. The first kappa shape index (κ1) is 25.7. The fourth-order valence-electron chi connectivity index (χ4n) is 4.13. The number of thiazole rings is 1. The van der Waals surface area contributed by atoms with E-state index < -0.39 is 0 Å². The number of hydrogen-bond donors (Lipinski definition) is 1. The van der Waals surface area contributed by atoms with Gasteiger partial charge < -0.3 is 14.6 Å². The lowest BCUT2D eigenvalue weighted by Gasteiger charge is -2.12. The van der Waals surface area contributed by atoms with Crippen LogP contribution in [0.15, 0.2) is 88.8 Å². The molecule has 0 aliphatic heterocycles. The number of aryl methyl sites for hydroxylation is 1. The number of rotatable bonds is 11. The van der Waals surface area contributed by atoms with Crippen LogP contribution in [0, 0.1) is 0 Å². The zero-order valence-corrected chi connectivity index (χ0v) is 22.5. The molecular formula is C28H27N5O3S2. The average Bonchev–Trinajstić information content (AvgIpc) is 3.47. The minimum absolute atomic E-state index is 0.0367. The summed E-state index contributed by atoms with van der Waals surface area (Å²) in [6.45, 7) is 3.35. The maximum absolute atomic E-state index is 12.8. The fourth-order valence-corrected chi connectivity index (χ4v) is 5.80.